The summed E-state index contributed by atoms with van der Waals surface area (Å²) in [4.78, 5) is 12.0. The van der Waals surface area contributed by atoms with Crippen molar-refractivity contribution in [2.75, 3.05) is 11.1 Å². The van der Waals surface area contributed by atoms with E-state index in [-0.39, 0.29) is 24.0 Å². The monoisotopic (exact) mass is 400 g/mol. The highest BCUT2D eigenvalue weighted by Gasteiger charge is 2.13. The molecule has 0 aliphatic rings. The molecule has 28 heavy (non-hydrogen) atoms. The summed E-state index contributed by atoms with van der Waals surface area (Å²) in [5, 5.41) is 11.4. The van der Waals surface area contributed by atoms with Gasteiger partial charge in [-0.25, -0.2) is 4.39 Å². The fourth-order valence-corrected chi connectivity index (χ4v) is 3.37. The number of hydrogen-bond donors (Lipinski definition) is 1. The largest absolute Gasteiger partial charge is 0.486 e. The average Bonchev–Trinajstić information content (AvgIpc) is 2.99. The van der Waals surface area contributed by atoms with Crippen molar-refractivity contribution in [1.82, 2.24) is 14.8 Å². The number of ether oxygens (including phenoxy) is 1. The molecule has 3 aromatic rings. The molecule has 0 aliphatic heterocycles. The van der Waals surface area contributed by atoms with E-state index in [0.717, 1.165) is 16.9 Å². The van der Waals surface area contributed by atoms with Gasteiger partial charge in [-0.05, 0) is 49.2 Å². The fraction of sp³-hybridized carbons (Fsp3) is 0.250. The molecule has 1 amide bonds. The minimum absolute atomic E-state index is 0.0955. The predicted octanol–water partition coefficient (Wildman–Crippen LogP) is 3.88. The second-order valence-electron chi connectivity index (χ2n) is 6.39. The number of aromatic nitrogens is 3. The average molecular weight is 400 g/mol. The van der Waals surface area contributed by atoms with Gasteiger partial charge in [-0.15, -0.1) is 10.2 Å². The van der Waals surface area contributed by atoms with Crippen molar-refractivity contribution < 1.29 is 13.9 Å². The maximum Gasteiger partial charge on any atom is 0.234 e. The second kappa shape index (κ2) is 8.88. The molecule has 6 nitrogen and oxygen atoms in total. The third-order valence-corrected chi connectivity index (χ3v) is 4.99. The van der Waals surface area contributed by atoms with Crippen molar-refractivity contribution in [3.63, 3.8) is 0 Å². The Kier molecular flexibility index (Phi) is 6.30. The molecule has 0 saturated carbocycles. The molecule has 2 aromatic carbocycles. The van der Waals surface area contributed by atoms with Crippen LogP contribution in [0.3, 0.4) is 0 Å². The van der Waals surface area contributed by atoms with E-state index in [2.05, 4.69) is 21.6 Å². The van der Waals surface area contributed by atoms with Gasteiger partial charge in [0.05, 0.1) is 11.4 Å². The Morgan fingerprint density at radius 2 is 1.89 bits per heavy atom. The van der Waals surface area contributed by atoms with Gasteiger partial charge in [-0.2, -0.15) is 0 Å². The lowest BCUT2D eigenvalue weighted by Gasteiger charge is -2.08. The van der Waals surface area contributed by atoms with Crippen molar-refractivity contribution in [3.8, 4) is 5.75 Å². The molecule has 1 heterocycles. The van der Waals surface area contributed by atoms with Crippen LogP contribution in [0.1, 0.15) is 17.0 Å². The minimum atomic E-state index is -0.467. The van der Waals surface area contributed by atoms with Gasteiger partial charge in [0, 0.05) is 7.05 Å². The summed E-state index contributed by atoms with van der Waals surface area (Å²) in [7, 11) is 1.82. The van der Waals surface area contributed by atoms with E-state index in [4.69, 9.17) is 4.74 Å². The van der Waals surface area contributed by atoms with Crippen LogP contribution in [0.2, 0.25) is 0 Å². The maximum atomic E-state index is 13.6. The molecule has 8 heteroatoms. The Bertz CT molecular complexity index is 970. The van der Waals surface area contributed by atoms with Crippen LogP contribution in [0, 0.1) is 19.7 Å². The quantitative estimate of drug-likeness (QED) is 0.610. The zero-order chi connectivity index (χ0) is 20.1. The first kappa shape index (κ1) is 19.9. The van der Waals surface area contributed by atoms with Crippen LogP contribution in [0.5, 0.6) is 5.75 Å². The van der Waals surface area contributed by atoms with Gasteiger partial charge in [0.15, 0.2) is 11.0 Å². The van der Waals surface area contributed by atoms with Crippen molar-refractivity contribution in [3.05, 3.63) is 65.2 Å². The van der Waals surface area contributed by atoms with E-state index >= 15 is 0 Å². The summed E-state index contributed by atoms with van der Waals surface area (Å²) < 4.78 is 21.2. The van der Waals surface area contributed by atoms with Crippen LogP contribution in [-0.2, 0) is 18.4 Å². The van der Waals surface area contributed by atoms with Gasteiger partial charge >= 0.3 is 0 Å². The SMILES string of the molecule is Cc1cc(C)cc(OCc2nnc(SCC(=O)Nc3ccccc3F)n2C)c1. The van der Waals surface area contributed by atoms with Crippen LogP contribution in [0.4, 0.5) is 10.1 Å². The molecule has 0 unspecified atom stereocenters. The van der Waals surface area contributed by atoms with E-state index in [0.29, 0.717) is 11.0 Å². The Morgan fingerprint density at radius 1 is 1.18 bits per heavy atom. The molecule has 0 bridgehead atoms. The number of rotatable bonds is 7. The number of benzene rings is 2. The van der Waals surface area contributed by atoms with Crippen LogP contribution in [-0.4, -0.2) is 26.4 Å². The zero-order valence-corrected chi connectivity index (χ0v) is 16.7. The summed E-state index contributed by atoms with van der Waals surface area (Å²) in [6.45, 7) is 4.31. The number of thioether (sulfide) groups is 1. The number of para-hydroxylation sites is 1. The summed E-state index contributed by atoms with van der Waals surface area (Å²) in [6.07, 6.45) is 0. The van der Waals surface area contributed by atoms with Crippen LogP contribution >= 0.6 is 11.8 Å². The minimum Gasteiger partial charge on any atom is -0.486 e. The van der Waals surface area contributed by atoms with Gasteiger partial charge in [-0.3, -0.25) is 4.79 Å². The number of nitrogens with zero attached hydrogens (tertiary/aromatic N) is 3. The van der Waals surface area contributed by atoms with Crippen molar-refractivity contribution in [2.24, 2.45) is 7.05 Å². The highest BCUT2D eigenvalue weighted by Crippen LogP contribution is 2.20. The van der Waals surface area contributed by atoms with E-state index in [9.17, 15) is 9.18 Å². The van der Waals surface area contributed by atoms with E-state index < -0.39 is 5.82 Å². The summed E-state index contributed by atoms with van der Waals surface area (Å²) in [5.74, 6) is 0.740. The van der Waals surface area contributed by atoms with E-state index in [1.165, 1.54) is 23.9 Å². The molecule has 0 saturated heterocycles. The van der Waals surface area contributed by atoms with Crippen molar-refractivity contribution in [2.45, 2.75) is 25.6 Å². The van der Waals surface area contributed by atoms with Crippen molar-refractivity contribution >= 4 is 23.4 Å². The molecule has 0 radical (unpaired) electrons. The summed E-state index contributed by atoms with van der Waals surface area (Å²) >= 11 is 1.23. The Hall–Kier alpha value is -2.87. The lowest BCUT2D eigenvalue weighted by atomic mass is 10.1. The predicted molar refractivity (Wildman–Crippen MR) is 107 cm³/mol. The third-order valence-electron chi connectivity index (χ3n) is 3.97. The van der Waals surface area contributed by atoms with Gasteiger partial charge in [-0.1, -0.05) is 30.0 Å². The number of aryl methyl sites for hydroxylation is 2. The van der Waals surface area contributed by atoms with Gasteiger partial charge in [0.25, 0.3) is 0 Å². The molecule has 0 spiro atoms. The molecular formula is C20H21FN4O2S. The first-order valence-electron chi connectivity index (χ1n) is 8.69. The molecule has 146 valence electrons. The van der Waals surface area contributed by atoms with Crippen LogP contribution in [0.15, 0.2) is 47.6 Å². The number of carbonyl (C=O) groups is 1. The maximum absolute atomic E-state index is 13.6. The van der Waals surface area contributed by atoms with Crippen molar-refractivity contribution in [1.29, 1.82) is 0 Å². The smallest absolute Gasteiger partial charge is 0.234 e. The van der Waals surface area contributed by atoms with Crippen LogP contribution < -0.4 is 10.1 Å². The Balaban J connectivity index is 1.55. The highest BCUT2D eigenvalue weighted by molar-refractivity contribution is 7.99. The zero-order valence-electron chi connectivity index (χ0n) is 15.9. The number of amides is 1. The van der Waals surface area contributed by atoms with E-state index in [1.807, 2.05) is 33.0 Å². The highest BCUT2D eigenvalue weighted by atomic mass is 32.2. The lowest BCUT2D eigenvalue weighted by Crippen LogP contribution is -2.15. The van der Waals surface area contributed by atoms with E-state index in [1.54, 1.807) is 16.7 Å². The number of hydrogen-bond acceptors (Lipinski definition) is 5. The number of carbonyl (C=O) groups excluding carboxylic acids is 1. The number of halogens is 1. The molecular weight excluding hydrogens is 379 g/mol. The molecule has 1 N–H and O–H groups in total. The molecule has 0 aliphatic carbocycles. The van der Waals surface area contributed by atoms with Crippen LogP contribution in [0.25, 0.3) is 0 Å². The first-order chi connectivity index (χ1) is 13.4. The first-order valence-corrected chi connectivity index (χ1v) is 9.67. The topological polar surface area (TPSA) is 69.0 Å². The Morgan fingerprint density at radius 3 is 2.61 bits per heavy atom. The fourth-order valence-electron chi connectivity index (χ4n) is 2.64. The number of nitrogens with one attached hydrogen (secondary N) is 1. The molecule has 1 aromatic heterocycles. The second-order valence-corrected chi connectivity index (χ2v) is 7.33. The standard InChI is InChI=1S/C20H21FN4O2S/c1-13-8-14(2)10-15(9-13)27-11-18-23-24-20(25(18)3)28-12-19(26)22-17-7-5-4-6-16(17)21/h4-10H,11-12H2,1-3H3,(H,22,26). The Labute approximate surface area is 167 Å². The van der Waals surface area contributed by atoms with Gasteiger partial charge in [0.2, 0.25) is 5.91 Å². The molecule has 0 atom stereocenters. The molecule has 3 rings (SSSR count). The number of anilines is 1. The summed E-state index contributed by atoms with van der Waals surface area (Å²) in [5.41, 5.74) is 2.42. The normalized spacial score (nSPS) is 10.7. The molecule has 0 fully saturated rings. The third kappa shape index (κ3) is 5.10. The summed E-state index contributed by atoms with van der Waals surface area (Å²) in [6, 6.07) is 12.1. The van der Waals surface area contributed by atoms with Gasteiger partial charge < -0.3 is 14.6 Å². The lowest BCUT2D eigenvalue weighted by molar-refractivity contribution is -0.113. The van der Waals surface area contributed by atoms with Gasteiger partial charge in [0.1, 0.15) is 18.2 Å².